The maximum absolute atomic E-state index is 12.4. The third-order valence-corrected chi connectivity index (χ3v) is 4.31. The van der Waals surface area contributed by atoms with Gasteiger partial charge in [0, 0.05) is 19.3 Å². The standard InChI is InChI=1S/C19H20N4O3/c1-19(2,3)26-18(25)22-10-12-4-5-14(8-13(12)11-22)23-16-6-7-20-9-15(16)21-17(23)24/h4-9H,10-11H2,1-3H3,(H,21,24). The van der Waals surface area contributed by atoms with Crippen molar-refractivity contribution in [1.29, 1.82) is 0 Å². The SMILES string of the molecule is CC(C)(C)OC(=O)N1Cc2ccc(-n3c(=O)[nH]c4cnccc43)cc2C1. The predicted octanol–water partition coefficient (Wildman–Crippen LogP) is 2.96. The number of amides is 1. The third-order valence-electron chi connectivity index (χ3n) is 4.31. The Bertz CT molecular complexity index is 1060. The van der Waals surface area contributed by atoms with Gasteiger partial charge in [-0.05, 0) is 50.1 Å². The zero-order valence-corrected chi connectivity index (χ0v) is 14.9. The Morgan fingerprint density at radius 1 is 1.19 bits per heavy atom. The van der Waals surface area contributed by atoms with E-state index in [9.17, 15) is 9.59 Å². The molecule has 0 unspecified atom stereocenters. The van der Waals surface area contributed by atoms with Crippen molar-refractivity contribution >= 4 is 17.1 Å². The summed E-state index contributed by atoms with van der Waals surface area (Å²) in [5.41, 5.74) is 3.56. The number of fused-ring (bicyclic) bond motifs is 2. The minimum Gasteiger partial charge on any atom is -0.444 e. The molecule has 0 atom stereocenters. The fourth-order valence-corrected chi connectivity index (χ4v) is 3.19. The Kier molecular flexibility index (Phi) is 3.61. The molecule has 0 bridgehead atoms. The number of aromatic nitrogens is 3. The minimum atomic E-state index is -0.525. The van der Waals surface area contributed by atoms with E-state index >= 15 is 0 Å². The maximum Gasteiger partial charge on any atom is 0.410 e. The van der Waals surface area contributed by atoms with Gasteiger partial charge in [0.1, 0.15) is 5.60 Å². The second-order valence-electron chi connectivity index (χ2n) is 7.45. The molecule has 3 heterocycles. The van der Waals surface area contributed by atoms with Crippen molar-refractivity contribution in [3.63, 3.8) is 0 Å². The molecule has 0 aliphatic carbocycles. The van der Waals surface area contributed by atoms with Gasteiger partial charge in [-0.3, -0.25) is 14.5 Å². The summed E-state index contributed by atoms with van der Waals surface area (Å²) in [6.45, 7) is 6.54. The van der Waals surface area contributed by atoms with Crippen LogP contribution in [0.4, 0.5) is 4.79 Å². The number of carbonyl (C=O) groups is 1. The van der Waals surface area contributed by atoms with E-state index in [1.807, 2.05) is 39.0 Å². The summed E-state index contributed by atoms with van der Waals surface area (Å²) in [6.07, 6.45) is 2.96. The molecule has 0 saturated heterocycles. The molecule has 1 aromatic carbocycles. The molecule has 0 saturated carbocycles. The van der Waals surface area contributed by atoms with Crippen LogP contribution in [-0.2, 0) is 17.8 Å². The van der Waals surface area contributed by atoms with Crippen LogP contribution in [0.15, 0.2) is 41.5 Å². The fraction of sp³-hybridized carbons (Fsp3) is 0.316. The normalized spacial score (nSPS) is 13.9. The first kappa shape index (κ1) is 16.4. The molecule has 7 heteroatoms. The molecular formula is C19H20N4O3. The molecule has 1 N–H and O–H groups in total. The molecule has 0 spiro atoms. The van der Waals surface area contributed by atoms with E-state index < -0.39 is 5.60 Å². The van der Waals surface area contributed by atoms with E-state index in [-0.39, 0.29) is 11.8 Å². The molecule has 1 amide bonds. The van der Waals surface area contributed by atoms with Crippen LogP contribution < -0.4 is 5.69 Å². The molecule has 0 fully saturated rings. The molecule has 26 heavy (non-hydrogen) atoms. The summed E-state index contributed by atoms with van der Waals surface area (Å²) in [5.74, 6) is 0. The summed E-state index contributed by atoms with van der Waals surface area (Å²) < 4.78 is 7.07. The number of nitrogens with one attached hydrogen (secondary N) is 1. The van der Waals surface area contributed by atoms with E-state index in [2.05, 4.69) is 9.97 Å². The highest BCUT2D eigenvalue weighted by Gasteiger charge is 2.28. The van der Waals surface area contributed by atoms with Crippen molar-refractivity contribution in [3.05, 3.63) is 58.3 Å². The molecule has 0 radical (unpaired) electrons. The van der Waals surface area contributed by atoms with Crippen LogP contribution in [0, 0.1) is 0 Å². The maximum atomic E-state index is 12.4. The van der Waals surface area contributed by atoms with Crippen LogP contribution in [0.1, 0.15) is 31.9 Å². The van der Waals surface area contributed by atoms with Crippen molar-refractivity contribution < 1.29 is 9.53 Å². The number of imidazole rings is 1. The predicted molar refractivity (Wildman–Crippen MR) is 97.2 cm³/mol. The Labute approximate surface area is 150 Å². The van der Waals surface area contributed by atoms with Gasteiger partial charge in [0.2, 0.25) is 0 Å². The van der Waals surface area contributed by atoms with E-state index in [1.165, 1.54) is 0 Å². The third kappa shape index (κ3) is 2.85. The van der Waals surface area contributed by atoms with Gasteiger partial charge in [-0.1, -0.05) is 6.07 Å². The first-order valence-corrected chi connectivity index (χ1v) is 8.47. The van der Waals surface area contributed by atoms with E-state index in [1.54, 1.807) is 27.9 Å². The average Bonchev–Trinajstić information content (AvgIpc) is 3.12. The molecule has 1 aliphatic rings. The van der Waals surface area contributed by atoms with E-state index in [0.29, 0.717) is 18.6 Å². The number of carbonyl (C=O) groups excluding carboxylic acids is 1. The van der Waals surface area contributed by atoms with Crippen LogP contribution >= 0.6 is 0 Å². The number of nitrogens with zero attached hydrogens (tertiary/aromatic N) is 3. The first-order chi connectivity index (χ1) is 12.3. The molecule has 2 aromatic heterocycles. The van der Waals surface area contributed by atoms with Gasteiger partial charge in [-0.25, -0.2) is 9.59 Å². The van der Waals surface area contributed by atoms with Gasteiger partial charge in [0.15, 0.2) is 0 Å². The van der Waals surface area contributed by atoms with E-state index in [0.717, 1.165) is 22.3 Å². The second-order valence-corrected chi connectivity index (χ2v) is 7.45. The Balaban J connectivity index is 1.66. The van der Waals surface area contributed by atoms with Crippen molar-refractivity contribution in [1.82, 2.24) is 19.4 Å². The second kappa shape index (κ2) is 5.72. The lowest BCUT2D eigenvalue weighted by Crippen LogP contribution is -2.33. The Morgan fingerprint density at radius 3 is 2.73 bits per heavy atom. The van der Waals surface area contributed by atoms with Crippen molar-refractivity contribution in [3.8, 4) is 5.69 Å². The van der Waals surface area contributed by atoms with Crippen molar-refractivity contribution in [2.75, 3.05) is 0 Å². The Hall–Kier alpha value is -3.09. The quantitative estimate of drug-likeness (QED) is 0.730. The minimum absolute atomic E-state index is 0.213. The summed E-state index contributed by atoms with van der Waals surface area (Å²) in [5, 5.41) is 0. The zero-order valence-electron chi connectivity index (χ0n) is 14.9. The van der Waals surface area contributed by atoms with Crippen LogP contribution in [0.2, 0.25) is 0 Å². The average molecular weight is 352 g/mol. The van der Waals surface area contributed by atoms with Gasteiger partial charge in [-0.15, -0.1) is 0 Å². The molecule has 3 aromatic rings. The summed E-state index contributed by atoms with van der Waals surface area (Å²) >= 11 is 0. The van der Waals surface area contributed by atoms with Gasteiger partial charge >= 0.3 is 11.8 Å². The molecule has 4 rings (SSSR count). The topological polar surface area (TPSA) is 80.2 Å². The summed E-state index contributed by atoms with van der Waals surface area (Å²) in [6, 6.07) is 7.61. The van der Waals surface area contributed by atoms with Gasteiger partial charge < -0.3 is 9.72 Å². The van der Waals surface area contributed by atoms with Crippen molar-refractivity contribution in [2.24, 2.45) is 0 Å². The molecule has 1 aliphatic heterocycles. The first-order valence-electron chi connectivity index (χ1n) is 8.47. The highest BCUT2D eigenvalue weighted by molar-refractivity contribution is 5.76. The summed E-state index contributed by atoms with van der Waals surface area (Å²) in [7, 11) is 0. The fourth-order valence-electron chi connectivity index (χ4n) is 3.19. The number of rotatable bonds is 1. The monoisotopic (exact) mass is 352 g/mol. The van der Waals surface area contributed by atoms with Crippen LogP contribution in [0.5, 0.6) is 0 Å². The number of hydrogen-bond acceptors (Lipinski definition) is 4. The summed E-state index contributed by atoms with van der Waals surface area (Å²) in [4.78, 5) is 33.2. The van der Waals surface area contributed by atoms with Crippen molar-refractivity contribution in [2.45, 2.75) is 39.5 Å². The number of pyridine rings is 1. The zero-order chi connectivity index (χ0) is 18.5. The number of aromatic amines is 1. The highest BCUT2D eigenvalue weighted by atomic mass is 16.6. The number of benzene rings is 1. The lowest BCUT2D eigenvalue weighted by molar-refractivity contribution is 0.0242. The highest BCUT2D eigenvalue weighted by Crippen LogP contribution is 2.27. The number of H-pyrrole nitrogens is 1. The largest absolute Gasteiger partial charge is 0.444 e. The smallest absolute Gasteiger partial charge is 0.410 e. The molecular weight excluding hydrogens is 332 g/mol. The molecule has 134 valence electrons. The van der Waals surface area contributed by atoms with Crippen LogP contribution in [0.3, 0.4) is 0 Å². The number of hydrogen-bond donors (Lipinski definition) is 1. The Morgan fingerprint density at radius 2 is 1.96 bits per heavy atom. The number of ether oxygens (including phenoxy) is 1. The molecule has 7 nitrogen and oxygen atoms in total. The van der Waals surface area contributed by atoms with Gasteiger partial charge in [-0.2, -0.15) is 0 Å². The van der Waals surface area contributed by atoms with Crippen LogP contribution in [-0.4, -0.2) is 31.1 Å². The van der Waals surface area contributed by atoms with Gasteiger partial charge in [0.25, 0.3) is 0 Å². The lowest BCUT2D eigenvalue weighted by Gasteiger charge is -2.24. The van der Waals surface area contributed by atoms with Crippen LogP contribution in [0.25, 0.3) is 16.7 Å². The van der Waals surface area contributed by atoms with Gasteiger partial charge in [0.05, 0.1) is 22.9 Å². The van der Waals surface area contributed by atoms with E-state index in [4.69, 9.17) is 4.74 Å². The lowest BCUT2D eigenvalue weighted by atomic mass is 10.1.